The molecule has 0 saturated heterocycles. The summed E-state index contributed by atoms with van der Waals surface area (Å²) in [6.45, 7) is 0.491. The van der Waals surface area contributed by atoms with Crippen LogP contribution in [-0.2, 0) is 6.54 Å². The molecule has 0 aliphatic heterocycles. The fourth-order valence-electron chi connectivity index (χ4n) is 2.34. The maximum atomic E-state index is 5.75. The molecule has 0 aromatic carbocycles. The van der Waals surface area contributed by atoms with E-state index in [1.165, 1.54) is 0 Å². The summed E-state index contributed by atoms with van der Waals surface area (Å²) in [5.41, 5.74) is 7.25. The molecule has 0 atom stereocenters. The summed E-state index contributed by atoms with van der Waals surface area (Å²) in [4.78, 5) is 21.0. The zero-order valence-electron chi connectivity index (χ0n) is 12.5. The number of hydrogen-bond acceptors (Lipinski definition) is 7. The smallest absolute Gasteiger partial charge is 0.201 e. The monoisotopic (exact) mass is 319 g/mol. The van der Waals surface area contributed by atoms with Crippen molar-refractivity contribution in [1.29, 1.82) is 0 Å². The Morgan fingerprint density at radius 3 is 2.88 bits per heavy atom. The maximum absolute atomic E-state index is 5.75. The van der Waals surface area contributed by atoms with Crippen LogP contribution >= 0.6 is 0 Å². The van der Waals surface area contributed by atoms with E-state index in [9.17, 15) is 0 Å². The van der Waals surface area contributed by atoms with Gasteiger partial charge in [0, 0.05) is 36.5 Å². The van der Waals surface area contributed by atoms with Gasteiger partial charge in [0.25, 0.3) is 0 Å². The number of nitrogens with zero attached hydrogens (tertiary/aromatic N) is 7. The number of hydrogen-bond donors (Lipinski definition) is 2. The average Bonchev–Trinajstić information content (AvgIpc) is 3.26. The summed E-state index contributed by atoms with van der Waals surface area (Å²) >= 11 is 0. The number of aromatic nitrogens is 8. The molecule has 0 unspecified atom stereocenters. The van der Waals surface area contributed by atoms with Crippen LogP contribution in [-0.4, -0.2) is 39.7 Å². The quantitative estimate of drug-likeness (QED) is 0.578. The Balaban J connectivity index is 1.61. The Kier molecular flexibility index (Phi) is 3.43. The Morgan fingerprint density at radius 1 is 1.08 bits per heavy atom. The minimum atomic E-state index is 0.451. The first kappa shape index (κ1) is 14.0. The highest BCUT2D eigenvalue weighted by molar-refractivity contribution is 5.59. The largest absolute Gasteiger partial charge is 0.384 e. The van der Waals surface area contributed by atoms with Gasteiger partial charge in [0.05, 0.1) is 12.7 Å². The molecular formula is C15H13N9. The van der Waals surface area contributed by atoms with Crippen molar-refractivity contribution in [3.05, 3.63) is 55.1 Å². The summed E-state index contributed by atoms with van der Waals surface area (Å²) in [6.07, 6.45) is 10.1. The van der Waals surface area contributed by atoms with Crippen LogP contribution in [0.3, 0.4) is 0 Å². The lowest BCUT2D eigenvalue weighted by atomic mass is 10.2. The molecule has 4 aromatic rings. The zero-order valence-corrected chi connectivity index (χ0v) is 12.5. The minimum absolute atomic E-state index is 0.451. The van der Waals surface area contributed by atoms with Crippen LogP contribution in [0.4, 0.5) is 5.82 Å². The second-order valence-electron chi connectivity index (χ2n) is 5.04. The number of aromatic amines is 1. The van der Waals surface area contributed by atoms with E-state index in [0.29, 0.717) is 29.7 Å². The maximum Gasteiger partial charge on any atom is 0.201 e. The predicted octanol–water partition coefficient (Wildman–Crippen LogP) is 1.15. The Morgan fingerprint density at radius 2 is 2.04 bits per heavy atom. The molecule has 4 rings (SSSR count). The molecule has 118 valence electrons. The van der Waals surface area contributed by atoms with E-state index in [2.05, 4.69) is 35.1 Å². The van der Waals surface area contributed by atoms with Gasteiger partial charge in [0.1, 0.15) is 23.2 Å². The molecule has 0 amide bonds. The molecule has 9 nitrogen and oxygen atoms in total. The van der Waals surface area contributed by atoms with Gasteiger partial charge in [0.15, 0.2) is 0 Å². The first-order valence-corrected chi connectivity index (χ1v) is 7.20. The molecule has 0 radical (unpaired) electrons. The Labute approximate surface area is 136 Å². The van der Waals surface area contributed by atoms with Gasteiger partial charge >= 0.3 is 0 Å². The van der Waals surface area contributed by atoms with Crippen LogP contribution in [0.25, 0.3) is 22.9 Å². The first-order chi connectivity index (χ1) is 11.8. The van der Waals surface area contributed by atoms with E-state index in [0.717, 1.165) is 11.4 Å². The normalized spacial score (nSPS) is 10.8. The lowest BCUT2D eigenvalue weighted by molar-refractivity contribution is 0.755. The van der Waals surface area contributed by atoms with Crippen molar-refractivity contribution in [1.82, 2.24) is 39.7 Å². The van der Waals surface area contributed by atoms with Crippen LogP contribution in [0.5, 0.6) is 0 Å². The fraction of sp³-hybridized carbons (Fsp3) is 0.0667. The molecular weight excluding hydrogens is 306 g/mol. The summed E-state index contributed by atoms with van der Waals surface area (Å²) < 4.78 is 1.95. The van der Waals surface area contributed by atoms with Crippen molar-refractivity contribution < 1.29 is 0 Å². The molecule has 24 heavy (non-hydrogen) atoms. The van der Waals surface area contributed by atoms with Crippen molar-refractivity contribution in [2.45, 2.75) is 6.54 Å². The first-order valence-electron chi connectivity index (χ1n) is 7.20. The zero-order chi connectivity index (χ0) is 16.4. The van der Waals surface area contributed by atoms with Gasteiger partial charge in [-0.05, 0) is 12.1 Å². The van der Waals surface area contributed by atoms with Gasteiger partial charge in [-0.1, -0.05) is 0 Å². The highest BCUT2D eigenvalue weighted by atomic mass is 15.2. The van der Waals surface area contributed by atoms with Gasteiger partial charge in [-0.25, -0.2) is 19.9 Å². The number of nitrogen functional groups attached to an aromatic ring is 1. The molecule has 0 fully saturated rings. The number of imidazole rings is 1. The molecule has 0 spiro atoms. The van der Waals surface area contributed by atoms with E-state index in [1.54, 1.807) is 37.1 Å². The lowest BCUT2D eigenvalue weighted by Gasteiger charge is -2.06. The number of nitrogens with two attached hydrogens (primary N) is 1. The molecule has 9 heteroatoms. The van der Waals surface area contributed by atoms with Gasteiger partial charge in [-0.2, -0.15) is 5.10 Å². The van der Waals surface area contributed by atoms with Gasteiger partial charge < -0.3 is 10.3 Å². The molecule has 0 aliphatic carbocycles. The van der Waals surface area contributed by atoms with Gasteiger partial charge in [-0.15, -0.1) is 0 Å². The number of nitrogens with one attached hydrogen (secondary N) is 1. The second kappa shape index (κ2) is 5.88. The van der Waals surface area contributed by atoms with Crippen LogP contribution in [0, 0.1) is 0 Å². The van der Waals surface area contributed by atoms with Crippen LogP contribution < -0.4 is 5.73 Å². The van der Waals surface area contributed by atoms with Crippen LogP contribution in [0.2, 0.25) is 0 Å². The number of pyridine rings is 1. The van der Waals surface area contributed by atoms with E-state index in [1.807, 2.05) is 16.8 Å². The van der Waals surface area contributed by atoms with Crippen LogP contribution in [0.1, 0.15) is 5.82 Å². The predicted molar refractivity (Wildman–Crippen MR) is 86.4 cm³/mol. The summed E-state index contributed by atoms with van der Waals surface area (Å²) in [5.74, 6) is 2.43. The molecule has 0 saturated carbocycles. The van der Waals surface area contributed by atoms with Gasteiger partial charge in [0.2, 0.25) is 5.82 Å². The minimum Gasteiger partial charge on any atom is -0.384 e. The molecule has 4 heterocycles. The average molecular weight is 319 g/mol. The van der Waals surface area contributed by atoms with Crippen molar-refractivity contribution in [2.75, 3.05) is 5.73 Å². The summed E-state index contributed by atoms with van der Waals surface area (Å²) in [6, 6.07) is 3.64. The third kappa shape index (κ3) is 2.70. The van der Waals surface area contributed by atoms with Gasteiger partial charge in [-0.3, -0.25) is 10.1 Å². The molecule has 0 aliphatic rings. The van der Waals surface area contributed by atoms with E-state index in [4.69, 9.17) is 5.73 Å². The SMILES string of the molecule is Nc1cc(-c2nccn2Cc2nc(-c3cnccn3)n[nH]2)ccn1. The molecule has 3 N–H and O–H groups in total. The second-order valence-corrected chi connectivity index (χ2v) is 5.04. The van der Waals surface area contributed by atoms with Crippen molar-refractivity contribution in [3.63, 3.8) is 0 Å². The summed E-state index contributed by atoms with van der Waals surface area (Å²) in [5, 5.41) is 7.10. The topological polar surface area (TPSA) is 124 Å². The third-order valence-corrected chi connectivity index (χ3v) is 3.40. The number of rotatable bonds is 4. The van der Waals surface area contributed by atoms with E-state index >= 15 is 0 Å². The molecule has 4 aromatic heterocycles. The fourth-order valence-corrected chi connectivity index (χ4v) is 2.34. The van der Waals surface area contributed by atoms with Crippen molar-refractivity contribution in [2.24, 2.45) is 0 Å². The third-order valence-electron chi connectivity index (χ3n) is 3.40. The number of H-pyrrole nitrogens is 1. The standard InChI is InChI=1S/C15H13N9/c16-12-7-10(1-2-19-12)15-20-5-6-24(15)9-13-21-14(23-22-13)11-8-17-3-4-18-11/h1-8H,9H2,(H2,16,19)(H,21,22,23). The summed E-state index contributed by atoms with van der Waals surface area (Å²) in [7, 11) is 0. The lowest BCUT2D eigenvalue weighted by Crippen LogP contribution is -2.03. The van der Waals surface area contributed by atoms with E-state index in [-0.39, 0.29) is 0 Å². The van der Waals surface area contributed by atoms with Crippen molar-refractivity contribution >= 4 is 5.82 Å². The van der Waals surface area contributed by atoms with E-state index < -0.39 is 0 Å². The Bertz CT molecular complexity index is 958. The number of anilines is 1. The van der Waals surface area contributed by atoms with Crippen molar-refractivity contribution in [3.8, 4) is 22.9 Å². The molecule has 0 bridgehead atoms. The highest BCUT2D eigenvalue weighted by Crippen LogP contribution is 2.19. The Hall–Kier alpha value is -3.62. The van der Waals surface area contributed by atoms with Crippen LogP contribution in [0.15, 0.2) is 49.3 Å². The highest BCUT2D eigenvalue weighted by Gasteiger charge is 2.11.